The standard InChI is InChI=1S/C15H19FN2O2/c1-9(13-7-10-2-3-11(13)6-10)17-14-8-12(16)4-5-15(14)18(19)20/h4-5,8-11,13,17H,2-3,6-7H2,1H3. The predicted octanol–water partition coefficient (Wildman–Crippen LogP) is 3.97. The highest BCUT2D eigenvalue weighted by Gasteiger charge is 2.42. The van der Waals surface area contributed by atoms with Crippen molar-refractivity contribution in [3.63, 3.8) is 0 Å². The zero-order valence-corrected chi connectivity index (χ0v) is 11.5. The third kappa shape index (κ3) is 2.37. The Morgan fingerprint density at radius 1 is 1.40 bits per heavy atom. The highest BCUT2D eigenvalue weighted by Crippen LogP contribution is 2.50. The first kappa shape index (κ1) is 13.3. The normalized spacial score (nSPS) is 29.4. The Kier molecular flexibility index (Phi) is 3.36. The van der Waals surface area contributed by atoms with Gasteiger partial charge in [-0.2, -0.15) is 0 Å². The second-order valence-corrected chi connectivity index (χ2v) is 6.19. The zero-order valence-electron chi connectivity index (χ0n) is 11.5. The second kappa shape index (κ2) is 5.04. The van der Waals surface area contributed by atoms with Gasteiger partial charge in [-0.3, -0.25) is 10.1 Å². The van der Waals surface area contributed by atoms with Crippen molar-refractivity contribution in [2.24, 2.45) is 17.8 Å². The summed E-state index contributed by atoms with van der Waals surface area (Å²) in [7, 11) is 0. The maximum Gasteiger partial charge on any atom is 0.292 e. The van der Waals surface area contributed by atoms with Crippen LogP contribution in [0, 0.1) is 33.7 Å². The second-order valence-electron chi connectivity index (χ2n) is 6.19. The van der Waals surface area contributed by atoms with Gasteiger partial charge in [-0.1, -0.05) is 6.42 Å². The molecule has 0 aliphatic heterocycles. The van der Waals surface area contributed by atoms with E-state index in [1.165, 1.54) is 37.8 Å². The van der Waals surface area contributed by atoms with Crippen LogP contribution in [0.4, 0.5) is 15.8 Å². The van der Waals surface area contributed by atoms with Crippen LogP contribution in [0.15, 0.2) is 18.2 Å². The van der Waals surface area contributed by atoms with Gasteiger partial charge in [-0.15, -0.1) is 0 Å². The van der Waals surface area contributed by atoms with Crippen molar-refractivity contribution in [1.82, 2.24) is 0 Å². The summed E-state index contributed by atoms with van der Waals surface area (Å²) < 4.78 is 13.3. The summed E-state index contributed by atoms with van der Waals surface area (Å²) in [5, 5.41) is 14.2. The molecule has 2 saturated carbocycles. The number of nitro groups is 1. The van der Waals surface area contributed by atoms with Gasteiger partial charge in [-0.05, 0) is 50.0 Å². The Morgan fingerprint density at radius 3 is 2.80 bits per heavy atom. The van der Waals surface area contributed by atoms with Crippen molar-refractivity contribution in [1.29, 1.82) is 0 Å². The van der Waals surface area contributed by atoms with E-state index < -0.39 is 10.7 Å². The summed E-state index contributed by atoms with van der Waals surface area (Å²) in [6.07, 6.45) is 5.09. The third-order valence-corrected chi connectivity index (χ3v) is 4.97. The summed E-state index contributed by atoms with van der Waals surface area (Å²) in [5.41, 5.74) is 0.242. The van der Waals surface area contributed by atoms with E-state index >= 15 is 0 Å². The van der Waals surface area contributed by atoms with E-state index in [1.54, 1.807) is 0 Å². The molecule has 4 atom stereocenters. The first-order valence-corrected chi connectivity index (χ1v) is 7.25. The summed E-state index contributed by atoms with van der Waals surface area (Å²) in [4.78, 5) is 10.5. The van der Waals surface area contributed by atoms with Gasteiger partial charge in [0.15, 0.2) is 0 Å². The molecule has 5 heteroatoms. The summed E-state index contributed by atoms with van der Waals surface area (Å²) in [6.45, 7) is 2.06. The molecule has 0 saturated heterocycles. The maximum atomic E-state index is 13.3. The van der Waals surface area contributed by atoms with Gasteiger partial charge in [-0.25, -0.2) is 4.39 Å². The molecule has 108 valence electrons. The average molecular weight is 278 g/mol. The quantitative estimate of drug-likeness (QED) is 0.669. The minimum absolute atomic E-state index is 0.0543. The minimum atomic E-state index is -0.463. The molecular formula is C15H19FN2O2. The monoisotopic (exact) mass is 278 g/mol. The number of hydrogen-bond donors (Lipinski definition) is 1. The summed E-state index contributed by atoms with van der Waals surface area (Å²) in [6, 6.07) is 3.73. The van der Waals surface area contributed by atoms with Crippen LogP contribution in [0.25, 0.3) is 0 Å². The number of anilines is 1. The van der Waals surface area contributed by atoms with E-state index in [2.05, 4.69) is 12.2 Å². The topological polar surface area (TPSA) is 55.2 Å². The molecule has 20 heavy (non-hydrogen) atoms. The van der Waals surface area contributed by atoms with E-state index in [0.29, 0.717) is 11.6 Å². The summed E-state index contributed by atoms with van der Waals surface area (Å²) >= 11 is 0. The fraction of sp³-hybridized carbons (Fsp3) is 0.600. The molecule has 1 aromatic carbocycles. The predicted molar refractivity (Wildman–Crippen MR) is 75.1 cm³/mol. The molecule has 2 bridgehead atoms. The smallest absolute Gasteiger partial charge is 0.292 e. The van der Waals surface area contributed by atoms with Gasteiger partial charge in [0.25, 0.3) is 5.69 Å². The van der Waals surface area contributed by atoms with E-state index in [4.69, 9.17) is 0 Å². The maximum absolute atomic E-state index is 13.3. The van der Waals surface area contributed by atoms with Crippen LogP contribution in [0.5, 0.6) is 0 Å². The first-order valence-electron chi connectivity index (χ1n) is 7.25. The van der Waals surface area contributed by atoms with Crippen molar-refractivity contribution in [3.05, 3.63) is 34.1 Å². The molecule has 1 aromatic rings. The number of nitro benzene ring substituents is 1. The molecule has 2 aliphatic rings. The summed E-state index contributed by atoms with van der Waals surface area (Å²) in [5.74, 6) is 1.67. The number of nitrogens with zero attached hydrogens (tertiary/aromatic N) is 1. The molecule has 3 rings (SSSR count). The zero-order chi connectivity index (χ0) is 14.3. The van der Waals surface area contributed by atoms with Gasteiger partial charge in [0.1, 0.15) is 11.5 Å². The highest BCUT2D eigenvalue weighted by molar-refractivity contribution is 5.61. The Hall–Kier alpha value is -1.65. The molecule has 4 nitrogen and oxygen atoms in total. The van der Waals surface area contributed by atoms with Crippen LogP contribution in [-0.2, 0) is 0 Å². The number of fused-ring (bicyclic) bond motifs is 2. The number of hydrogen-bond acceptors (Lipinski definition) is 3. The number of nitrogens with one attached hydrogen (secondary N) is 1. The molecule has 0 amide bonds. The van der Waals surface area contributed by atoms with Gasteiger partial charge < -0.3 is 5.32 Å². The first-order chi connectivity index (χ1) is 9.54. The lowest BCUT2D eigenvalue weighted by atomic mass is 9.84. The SMILES string of the molecule is CC(Nc1cc(F)ccc1[N+](=O)[O-])C1CC2CCC1C2. The molecule has 0 heterocycles. The lowest BCUT2D eigenvalue weighted by Gasteiger charge is -2.29. The van der Waals surface area contributed by atoms with E-state index in [-0.39, 0.29) is 11.7 Å². The average Bonchev–Trinajstić information content (AvgIpc) is 3.00. The van der Waals surface area contributed by atoms with Crippen molar-refractivity contribution < 1.29 is 9.31 Å². The van der Waals surface area contributed by atoms with Gasteiger partial charge in [0.2, 0.25) is 0 Å². The van der Waals surface area contributed by atoms with Crippen LogP contribution in [-0.4, -0.2) is 11.0 Å². The molecule has 4 unspecified atom stereocenters. The molecular weight excluding hydrogens is 259 g/mol. The molecule has 0 aromatic heterocycles. The highest BCUT2D eigenvalue weighted by atomic mass is 19.1. The Balaban J connectivity index is 1.77. The largest absolute Gasteiger partial charge is 0.377 e. The lowest BCUT2D eigenvalue weighted by Crippen LogP contribution is -2.30. The molecule has 2 aliphatic carbocycles. The fourth-order valence-corrected chi connectivity index (χ4v) is 4.04. The van der Waals surface area contributed by atoms with Gasteiger partial charge in [0, 0.05) is 18.2 Å². The number of halogens is 1. The molecule has 0 radical (unpaired) electrons. The Labute approximate surface area is 117 Å². The van der Waals surface area contributed by atoms with Crippen LogP contribution >= 0.6 is 0 Å². The molecule has 0 spiro atoms. The molecule has 1 N–H and O–H groups in total. The minimum Gasteiger partial charge on any atom is -0.377 e. The Morgan fingerprint density at radius 2 is 2.20 bits per heavy atom. The third-order valence-electron chi connectivity index (χ3n) is 4.97. The van der Waals surface area contributed by atoms with Gasteiger partial charge in [0.05, 0.1) is 4.92 Å². The number of rotatable bonds is 4. The van der Waals surface area contributed by atoms with E-state index in [9.17, 15) is 14.5 Å². The van der Waals surface area contributed by atoms with Crippen molar-refractivity contribution >= 4 is 11.4 Å². The van der Waals surface area contributed by atoms with Crippen LogP contribution in [0.2, 0.25) is 0 Å². The van der Waals surface area contributed by atoms with E-state index in [0.717, 1.165) is 17.9 Å². The van der Waals surface area contributed by atoms with E-state index in [1.807, 2.05) is 0 Å². The lowest BCUT2D eigenvalue weighted by molar-refractivity contribution is -0.384. The van der Waals surface area contributed by atoms with Crippen molar-refractivity contribution in [2.45, 2.75) is 38.6 Å². The van der Waals surface area contributed by atoms with Crippen LogP contribution in [0.1, 0.15) is 32.6 Å². The molecule has 2 fully saturated rings. The fourth-order valence-electron chi connectivity index (χ4n) is 4.04. The van der Waals surface area contributed by atoms with Crippen LogP contribution < -0.4 is 5.32 Å². The van der Waals surface area contributed by atoms with Crippen molar-refractivity contribution in [3.8, 4) is 0 Å². The van der Waals surface area contributed by atoms with Crippen molar-refractivity contribution in [2.75, 3.05) is 5.32 Å². The van der Waals surface area contributed by atoms with Gasteiger partial charge >= 0.3 is 0 Å². The Bertz CT molecular complexity index is 535. The number of benzene rings is 1. The van der Waals surface area contributed by atoms with Crippen LogP contribution in [0.3, 0.4) is 0 Å².